The third-order valence-corrected chi connectivity index (χ3v) is 6.61. The Morgan fingerprint density at radius 1 is 1.10 bits per heavy atom. The second kappa shape index (κ2) is 9.77. The molecule has 4 heterocycles. The van der Waals surface area contributed by atoms with E-state index in [1.165, 1.54) is 0 Å². The summed E-state index contributed by atoms with van der Waals surface area (Å²) in [6.07, 6.45) is 4.65. The number of ether oxygens (including phenoxy) is 1. The molecule has 1 aromatic rings. The zero-order valence-electron chi connectivity index (χ0n) is 18.3. The molecule has 8 nitrogen and oxygen atoms in total. The number of rotatable bonds is 5. The van der Waals surface area contributed by atoms with Crippen LogP contribution in [0.25, 0.3) is 0 Å². The van der Waals surface area contributed by atoms with Crippen molar-refractivity contribution in [2.75, 3.05) is 52.5 Å². The highest BCUT2D eigenvalue weighted by Crippen LogP contribution is 2.29. The van der Waals surface area contributed by atoms with Crippen molar-refractivity contribution in [2.45, 2.75) is 38.5 Å². The number of amides is 3. The molecule has 0 aromatic carbocycles. The van der Waals surface area contributed by atoms with Gasteiger partial charge in [-0.15, -0.1) is 0 Å². The molecule has 0 N–H and O–H groups in total. The molecule has 8 heteroatoms. The van der Waals surface area contributed by atoms with Gasteiger partial charge in [0, 0.05) is 63.5 Å². The minimum Gasteiger partial charge on any atom is -0.378 e. The molecule has 3 saturated heterocycles. The van der Waals surface area contributed by atoms with Crippen LogP contribution >= 0.6 is 0 Å². The first-order chi connectivity index (χ1) is 15.1. The van der Waals surface area contributed by atoms with Crippen LogP contribution in [0.2, 0.25) is 0 Å². The molecule has 1 aromatic heterocycles. The van der Waals surface area contributed by atoms with Gasteiger partial charge in [-0.25, -0.2) is 0 Å². The summed E-state index contributed by atoms with van der Waals surface area (Å²) < 4.78 is 5.31. The summed E-state index contributed by atoms with van der Waals surface area (Å²) in [7, 11) is 0. The summed E-state index contributed by atoms with van der Waals surface area (Å²) in [5, 5.41) is 0. The van der Waals surface area contributed by atoms with Crippen LogP contribution < -0.4 is 0 Å². The predicted octanol–water partition coefficient (Wildman–Crippen LogP) is 1.52. The van der Waals surface area contributed by atoms with Crippen LogP contribution in [0, 0.1) is 5.92 Å². The van der Waals surface area contributed by atoms with E-state index in [0.29, 0.717) is 63.8 Å². The maximum atomic E-state index is 12.9. The van der Waals surface area contributed by atoms with E-state index in [1.54, 1.807) is 11.1 Å². The maximum Gasteiger partial charge on any atom is 0.255 e. The number of hydrogen-bond donors (Lipinski definition) is 0. The summed E-state index contributed by atoms with van der Waals surface area (Å²) in [6.45, 7) is 7.14. The van der Waals surface area contributed by atoms with Crippen LogP contribution in [0.5, 0.6) is 0 Å². The minimum absolute atomic E-state index is 0.00555. The van der Waals surface area contributed by atoms with Gasteiger partial charge in [-0.2, -0.15) is 0 Å². The molecule has 0 aliphatic carbocycles. The summed E-state index contributed by atoms with van der Waals surface area (Å²) in [5.41, 5.74) is 1.59. The number of likely N-dealkylation sites (tertiary alicyclic amines) is 2. The number of pyridine rings is 1. The Balaban J connectivity index is 1.29. The standard InChI is InChI=1S/C23H32N4O4/c1-2-7-27-16-19(14-21(27)28)23(30)25-8-5-17(6-9-25)20-4-3-18(15-24-20)22(29)26-10-12-31-13-11-26/h3-4,15,17,19H,2,5-14,16H2,1H3/t19-/m1/s1. The molecule has 0 bridgehead atoms. The fourth-order valence-corrected chi connectivity index (χ4v) is 4.80. The first-order valence-corrected chi connectivity index (χ1v) is 11.5. The van der Waals surface area contributed by atoms with Crippen molar-refractivity contribution >= 4 is 17.7 Å². The topological polar surface area (TPSA) is 83.1 Å². The monoisotopic (exact) mass is 428 g/mol. The zero-order valence-corrected chi connectivity index (χ0v) is 18.3. The minimum atomic E-state index is -0.195. The second-order valence-corrected chi connectivity index (χ2v) is 8.72. The van der Waals surface area contributed by atoms with Crippen LogP contribution in [-0.4, -0.2) is 89.9 Å². The van der Waals surface area contributed by atoms with Gasteiger partial charge in [-0.05, 0) is 31.4 Å². The van der Waals surface area contributed by atoms with E-state index in [-0.39, 0.29) is 23.6 Å². The highest BCUT2D eigenvalue weighted by Gasteiger charge is 2.37. The average Bonchev–Trinajstić information content (AvgIpc) is 3.19. The van der Waals surface area contributed by atoms with Crippen LogP contribution in [0.4, 0.5) is 0 Å². The lowest BCUT2D eigenvalue weighted by molar-refractivity contribution is -0.136. The number of aromatic nitrogens is 1. The number of carbonyl (C=O) groups is 3. The van der Waals surface area contributed by atoms with E-state index in [9.17, 15) is 14.4 Å². The van der Waals surface area contributed by atoms with Crippen molar-refractivity contribution in [1.82, 2.24) is 19.7 Å². The Morgan fingerprint density at radius 2 is 1.84 bits per heavy atom. The van der Waals surface area contributed by atoms with Gasteiger partial charge in [-0.1, -0.05) is 6.92 Å². The first kappa shape index (κ1) is 21.7. The fourth-order valence-electron chi connectivity index (χ4n) is 4.80. The van der Waals surface area contributed by atoms with Crippen LogP contribution in [-0.2, 0) is 14.3 Å². The maximum absolute atomic E-state index is 12.9. The molecule has 0 radical (unpaired) electrons. The van der Waals surface area contributed by atoms with E-state index in [0.717, 1.165) is 31.5 Å². The molecule has 1 atom stereocenters. The van der Waals surface area contributed by atoms with Crippen molar-refractivity contribution in [3.63, 3.8) is 0 Å². The quantitative estimate of drug-likeness (QED) is 0.710. The highest BCUT2D eigenvalue weighted by atomic mass is 16.5. The molecule has 0 spiro atoms. The van der Waals surface area contributed by atoms with Crippen LogP contribution in [0.3, 0.4) is 0 Å². The largest absolute Gasteiger partial charge is 0.378 e. The second-order valence-electron chi connectivity index (χ2n) is 8.72. The molecule has 4 rings (SSSR count). The first-order valence-electron chi connectivity index (χ1n) is 11.5. The normalized spacial score (nSPS) is 22.8. The molecular weight excluding hydrogens is 396 g/mol. The molecule has 3 aliphatic heterocycles. The molecule has 0 saturated carbocycles. The van der Waals surface area contributed by atoms with Gasteiger partial charge in [0.05, 0.1) is 24.7 Å². The lowest BCUT2D eigenvalue weighted by Crippen LogP contribution is -2.42. The van der Waals surface area contributed by atoms with Gasteiger partial charge in [0.2, 0.25) is 11.8 Å². The molecule has 3 fully saturated rings. The Labute approximate surface area is 183 Å². The van der Waals surface area contributed by atoms with Gasteiger partial charge in [0.1, 0.15) is 0 Å². The molecular formula is C23H32N4O4. The SMILES string of the molecule is CCCN1C[C@H](C(=O)N2CCC(c3ccc(C(=O)N4CCOCC4)cn3)CC2)CC1=O. The Hall–Kier alpha value is -2.48. The molecule has 3 amide bonds. The van der Waals surface area contributed by atoms with Crippen molar-refractivity contribution in [2.24, 2.45) is 5.92 Å². The third kappa shape index (κ3) is 4.89. The van der Waals surface area contributed by atoms with Gasteiger partial charge in [-0.3, -0.25) is 19.4 Å². The van der Waals surface area contributed by atoms with Crippen LogP contribution in [0.15, 0.2) is 18.3 Å². The van der Waals surface area contributed by atoms with Crippen LogP contribution in [0.1, 0.15) is 54.6 Å². The summed E-state index contributed by atoms with van der Waals surface area (Å²) in [6, 6.07) is 3.82. The third-order valence-electron chi connectivity index (χ3n) is 6.61. The number of nitrogens with zero attached hydrogens (tertiary/aromatic N) is 4. The van der Waals surface area contributed by atoms with E-state index in [2.05, 4.69) is 4.98 Å². The van der Waals surface area contributed by atoms with E-state index >= 15 is 0 Å². The van der Waals surface area contributed by atoms with E-state index in [1.807, 2.05) is 28.9 Å². The Morgan fingerprint density at radius 3 is 2.48 bits per heavy atom. The summed E-state index contributed by atoms with van der Waals surface area (Å²) >= 11 is 0. The Kier molecular flexibility index (Phi) is 6.85. The van der Waals surface area contributed by atoms with E-state index in [4.69, 9.17) is 4.74 Å². The predicted molar refractivity (Wildman–Crippen MR) is 114 cm³/mol. The molecule has 3 aliphatic rings. The smallest absolute Gasteiger partial charge is 0.255 e. The number of piperidine rings is 1. The van der Waals surface area contributed by atoms with Gasteiger partial charge in [0.15, 0.2) is 0 Å². The Bertz CT molecular complexity index is 798. The number of hydrogen-bond acceptors (Lipinski definition) is 5. The van der Waals surface area contributed by atoms with Gasteiger partial charge in [0.25, 0.3) is 5.91 Å². The number of carbonyl (C=O) groups excluding carboxylic acids is 3. The summed E-state index contributed by atoms with van der Waals surface area (Å²) in [5.74, 6) is 0.319. The molecule has 0 unspecified atom stereocenters. The van der Waals surface area contributed by atoms with Gasteiger partial charge >= 0.3 is 0 Å². The van der Waals surface area contributed by atoms with Gasteiger partial charge < -0.3 is 19.4 Å². The van der Waals surface area contributed by atoms with Crippen molar-refractivity contribution in [3.05, 3.63) is 29.6 Å². The highest BCUT2D eigenvalue weighted by molar-refractivity contribution is 5.94. The van der Waals surface area contributed by atoms with E-state index < -0.39 is 0 Å². The lowest BCUT2D eigenvalue weighted by Gasteiger charge is -2.33. The van der Waals surface area contributed by atoms with Crippen molar-refractivity contribution in [1.29, 1.82) is 0 Å². The average molecular weight is 429 g/mol. The van der Waals surface area contributed by atoms with Crippen molar-refractivity contribution < 1.29 is 19.1 Å². The van der Waals surface area contributed by atoms with Crippen molar-refractivity contribution in [3.8, 4) is 0 Å². The zero-order chi connectivity index (χ0) is 21.8. The fraction of sp³-hybridized carbons (Fsp3) is 0.652. The molecule has 168 valence electrons. The molecule has 31 heavy (non-hydrogen) atoms. The number of morpholine rings is 1. The lowest BCUT2D eigenvalue weighted by atomic mass is 9.92. The summed E-state index contributed by atoms with van der Waals surface area (Å²) in [4.78, 5) is 47.7.